The zero-order valence-corrected chi connectivity index (χ0v) is 12.6. The summed E-state index contributed by atoms with van der Waals surface area (Å²) in [5.41, 5.74) is 6.52. The first-order valence-electron chi connectivity index (χ1n) is 7.03. The number of rotatable bonds is 5. The van der Waals surface area contributed by atoms with Crippen LogP contribution in [0.3, 0.4) is 0 Å². The highest BCUT2D eigenvalue weighted by molar-refractivity contribution is 6.30. The predicted octanol–water partition coefficient (Wildman–Crippen LogP) is 2.84. The largest absolute Gasteiger partial charge is 0.384 e. The molecule has 3 nitrogen and oxygen atoms in total. The smallest absolute Gasteiger partial charge is 0.129 e. The Labute approximate surface area is 124 Å². The van der Waals surface area contributed by atoms with Gasteiger partial charge in [0.15, 0.2) is 0 Å². The van der Waals surface area contributed by atoms with E-state index in [1.807, 2.05) is 0 Å². The van der Waals surface area contributed by atoms with Gasteiger partial charge in [-0.1, -0.05) is 17.7 Å². The third-order valence-electron chi connectivity index (χ3n) is 3.94. The van der Waals surface area contributed by atoms with Crippen molar-refractivity contribution in [3.05, 3.63) is 34.6 Å². The van der Waals surface area contributed by atoms with Crippen molar-refractivity contribution in [2.24, 2.45) is 11.7 Å². The van der Waals surface area contributed by atoms with Gasteiger partial charge in [0, 0.05) is 36.8 Å². The van der Waals surface area contributed by atoms with E-state index in [9.17, 15) is 4.39 Å². The van der Waals surface area contributed by atoms with Crippen molar-refractivity contribution < 1.29 is 9.13 Å². The number of nitrogens with zero attached hydrogens (tertiary/aromatic N) is 1. The molecule has 1 saturated heterocycles. The van der Waals surface area contributed by atoms with Crippen LogP contribution in [0.1, 0.15) is 24.4 Å². The minimum absolute atomic E-state index is 0.0908. The summed E-state index contributed by atoms with van der Waals surface area (Å²) in [5, 5.41) is 0.415. The van der Waals surface area contributed by atoms with Gasteiger partial charge in [-0.3, -0.25) is 4.90 Å². The summed E-state index contributed by atoms with van der Waals surface area (Å²) in [6.45, 7) is 3.00. The van der Waals surface area contributed by atoms with E-state index in [0.717, 1.165) is 32.5 Å². The molecule has 2 unspecified atom stereocenters. The molecule has 1 aliphatic heterocycles. The molecule has 2 rings (SSSR count). The molecule has 0 amide bonds. The number of halogens is 2. The highest BCUT2D eigenvalue weighted by Gasteiger charge is 2.27. The number of hydrogen-bond acceptors (Lipinski definition) is 3. The Balaban J connectivity index is 2.14. The van der Waals surface area contributed by atoms with Gasteiger partial charge in [-0.05, 0) is 37.4 Å². The van der Waals surface area contributed by atoms with Crippen LogP contribution in [0.15, 0.2) is 18.2 Å². The molecule has 112 valence electrons. The van der Waals surface area contributed by atoms with Gasteiger partial charge in [-0.15, -0.1) is 0 Å². The van der Waals surface area contributed by atoms with Crippen molar-refractivity contribution in [1.82, 2.24) is 4.90 Å². The van der Waals surface area contributed by atoms with Crippen LogP contribution in [-0.4, -0.2) is 38.3 Å². The van der Waals surface area contributed by atoms with Crippen molar-refractivity contribution in [3.63, 3.8) is 0 Å². The summed E-state index contributed by atoms with van der Waals surface area (Å²) in [5.74, 6) is 0.222. The van der Waals surface area contributed by atoms with Crippen LogP contribution >= 0.6 is 11.6 Å². The van der Waals surface area contributed by atoms with Gasteiger partial charge in [0.25, 0.3) is 0 Å². The van der Waals surface area contributed by atoms with Gasteiger partial charge in [0.1, 0.15) is 5.82 Å². The third-order valence-corrected chi connectivity index (χ3v) is 4.17. The number of hydrogen-bond donors (Lipinski definition) is 1. The molecule has 0 spiro atoms. The van der Waals surface area contributed by atoms with E-state index >= 15 is 0 Å². The fourth-order valence-electron chi connectivity index (χ4n) is 3.00. The molecule has 5 heteroatoms. The summed E-state index contributed by atoms with van der Waals surface area (Å²) in [6, 6.07) is 4.73. The lowest BCUT2D eigenvalue weighted by Gasteiger charge is -2.38. The van der Waals surface area contributed by atoms with Crippen LogP contribution in [0.5, 0.6) is 0 Å². The maximum atomic E-state index is 14.1. The quantitative estimate of drug-likeness (QED) is 0.909. The normalized spacial score (nSPS) is 21.9. The second-order valence-electron chi connectivity index (χ2n) is 5.38. The van der Waals surface area contributed by atoms with Crippen molar-refractivity contribution >= 4 is 11.6 Å². The number of piperidine rings is 1. The number of benzene rings is 1. The molecular formula is C15H22ClFN2O. The van der Waals surface area contributed by atoms with E-state index in [2.05, 4.69) is 4.90 Å². The summed E-state index contributed by atoms with van der Waals surface area (Å²) in [7, 11) is 1.72. The van der Waals surface area contributed by atoms with Crippen molar-refractivity contribution in [2.45, 2.75) is 18.9 Å². The Morgan fingerprint density at radius 1 is 1.55 bits per heavy atom. The first-order chi connectivity index (χ1) is 9.65. The summed E-state index contributed by atoms with van der Waals surface area (Å²) in [4.78, 5) is 2.26. The second kappa shape index (κ2) is 7.36. The van der Waals surface area contributed by atoms with E-state index in [0.29, 0.717) is 23.0 Å². The van der Waals surface area contributed by atoms with E-state index in [-0.39, 0.29) is 11.9 Å². The lowest BCUT2D eigenvalue weighted by atomic mass is 9.95. The summed E-state index contributed by atoms with van der Waals surface area (Å²) >= 11 is 5.81. The van der Waals surface area contributed by atoms with Gasteiger partial charge >= 0.3 is 0 Å². The van der Waals surface area contributed by atoms with Crippen LogP contribution in [0, 0.1) is 11.7 Å². The van der Waals surface area contributed by atoms with E-state index in [1.54, 1.807) is 19.2 Å². The first kappa shape index (κ1) is 15.7. The van der Waals surface area contributed by atoms with Crippen LogP contribution in [0.4, 0.5) is 4.39 Å². The minimum Gasteiger partial charge on any atom is -0.384 e. The highest BCUT2D eigenvalue weighted by Crippen LogP contribution is 2.29. The van der Waals surface area contributed by atoms with Crippen LogP contribution in [0.2, 0.25) is 5.02 Å². The molecular weight excluding hydrogens is 279 g/mol. The lowest BCUT2D eigenvalue weighted by molar-refractivity contribution is 0.0688. The van der Waals surface area contributed by atoms with Gasteiger partial charge in [-0.25, -0.2) is 4.39 Å². The average Bonchev–Trinajstić information content (AvgIpc) is 2.43. The zero-order chi connectivity index (χ0) is 14.5. The highest BCUT2D eigenvalue weighted by atomic mass is 35.5. The summed E-state index contributed by atoms with van der Waals surface area (Å²) in [6.07, 6.45) is 2.25. The average molecular weight is 301 g/mol. The molecule has 1 aromatic carbocycles. The molecule has 20 heavy (non-hydrogen) atoms. The number of methoxy groups -OCH3 is 1. The Bertz CT molecular complexity index is 442. The van der Waals surface area contributed by atoms with Crippen LogP contribution in [0.25, 0.3) is 0 Å². The molecule has 1 fully saturated rings. The molecule has 0 saturated carbocycles. The number of likely N-dealkylation sites (tertiary alicyclic amines) is 1. The fraction of sp³-hybridized carbons (Fsp3) is 0.600. The standard InChI is InChI=1S/C15H22ClFN2O/c1-20-10-11-3-2-6-19(9-11)15(8-18)13-5-4-12(16)7-14(13)17/h4-5,7,11,15H,2-3,6,8-10,18H2,1H3. The van der Waals surface area contributed by atoms with Gasteiger partial charge in [0.2, 0.25) is 0 Å². The fourth-order valence-corrected chi connectivity index (χ4v) is 3.16. The number of ether oxygens (including phenoxy) is 1. The zero-order valence-electron chi connectivity index (χ0n) is 11.8. The van der Waals surface area contributed by atoms with E-state index < -0.39 is 0 Å². The van der Waals surface area contributed by atoms with Gasteiger partial charge in [-0.2, -0.15) is 0 Å². The molecule has 0 bridgehead atoms. The molecule has 2 N–H and O–H groups in total. The van der Waals surface area contributed by atoms with Crippen molar-refractivity contribution in [1.29, 1.82) is 0 Å². The summed E-state index contributed by atoms with van der Waals surface area (Å²) < 4.78 is 19.3. The van der Waals surface area contributed by atoms with E-state index in [4.69, 9.17) is 22.1 Å². The molecule has 1 aromatic rings. The SMILES string of the molecule is COCC1CCCN(C(CN)c2ccc(Cl)cc2F)C1. The van der Waals surface area contributed by atoms with Gasteiger partial charge < -0.3 is 10.5 Å². The molecule has 2 atom stereocenters. The Morgan fingerprint density at radius 3 is 3.00 bits per heavy atom. The molecule has 0 aromatic heterocycles. The third kappa shape index (κ3) is 3.70. The Kier molecular flexibility index (Phi) is 5.78. The Morgan fingerprint density at radius 2 is 2.35 bits per heavy atom. The van der Waals surface area contributed by atoms with Crippen molar-refractivity contribution in [3.8, 4) is 0 Å². The molecule has 0 aliphatic carbocycles. The maximum Gasteiger partial charge on any atom is 0.129 e. The monoisotopic (exact) mass is 300 g/mol. The van der Waals surface area contributed by atoms with Crippen molar-refractivity contribution in [2.75, 3.05) is 33.4 Å². The second-order valence-corrected chi connectivity index (χ2v) is 5.81. The molecule has 1 heterocycles. The number of nitrogens with two attached hydrogens (primary N) is 1. The van der Waals surface area contributed by atoms with Gasteiger partial charge in [0.05, 0.1) is 6.61 Å². The van der Waals surface area contributed by atoms with Crippen LogP contribution < -0.4 is 5.73 Å². The predicted molar refractivity (Wildman–Crippen MR) is 79.4 cm³/mol. The maximum absolute atomic E-state index is 14.1. The Hall–Kier alpha value is -0.680. The molecule has 0 radical (unpaired) electrons. The lowest BCUT2D eigenvalue weighted by Crippen LogP contribution is -2.42. The topological polar surface area (TPSA) is 38.5 Å². The minimum atomic E-state index is -0.276. The first-order valence-corrected chi connectivity index (χ1v) is 7.41. The van der Waals surface area contributed by atoms with Crippen LogP contribution in [-0.2, 0) is 4.74 Å². The molecule has 1 aliphatic rings. The van der Waals surface area contributed by atoms with E-state index in [1.165, 1.54) is 6.07 Å².